The zero-order valence-corrected chi connectivity index (χ0v) is 12.5. The molecule has 0 unspecified atom stereocenters. The van der Waals surface area contributed by atoms with E-state index in [9.17, 15) is 9.90 Å². The van der Waals surface area contributed by atoms with Crippen molar-refractivity contribution in [2.75, 3.05) is 0 Å². The van der Waals surface area contributed by atoms with Gasteiger partial charge in [0.1, 0.15) is 0 Å². The molecule has 0 aliphatic carbocycles. The standard InChI is InChI=1S/C4H9NO2.K.8H2O/c1-4(2,5)3(6)7;;;;;;;;;/h5H2,1-2H3,(H,6,7);;8*1H2/q;+1;;;;;;;;/p-1. The van der Waals surface area contributed by atoms with Gasteiger partial charge in [-0.05, 0) is 13.8 Å². The van der Waals surface area contributed by atoms with Crippen LogP contribution in [0.4, 0.5) is 0 Å². The van der Waals surface area contributed by atoms with Crippen LogP contribution in [0, 0.1) is 0 Å². The maximum absolute atomic E-state index is 9.78. The number of hydrogen-bond acceptors (Lipinski definition) is 3. The summed E-state index contributed by atoms with van der Waals surface area (Å²) in [5.74, 6) is -1.23. The number of rotatable bonds is 1. The Morgan fingerprint density at radius 3 is 0.938 bits per heavy atom. The van der Waals surface area contributed by atoms with E-state index in [1.165, 1.54) is 13.8 Å². The van der Waals surface area contributed by atoms with Crippen LogP contribution in [0.15, 0.2) is 0 Å². The van der Waals surface area contributed by atoms with E-state index in [0.29, 0.717) is 0 Å². The SMILES string of the molecule is CC(C)(N)C(=O)[O-].O.O.O.O.O.O.O.O.[K+]. The summed E-state index contributed by atoms with van der Waals surface area (Å²) >= 11 is 0. The summed E-state index contributed by atoms with van der Waals surface area (Å²) < 4.78 is 0. The molecule has 16 heavy (non-hydrogen) atoms. The van der Waals surface area contributed by atoms with E-state index in [2.05, 4.69) is 0 Å². The smallest absolute Gasteiger partial charge is 0.548 e. The van der Waals surface area contributed by atoms with E-state index in [1.54, 1.807) is 0 Å². The average molecular weight is 285 g/mol. The largest absolute Gasteiger partial charge is 1.00 e. The number of carboxylic acid groups (broad SMARTS) is 1. The molecule has 11 nitrogen and oxygen atoms in total. The summed E-state index contributed by atoms with van der Waals surface area (Å²) in [6.07, 6.45) is 0. The van der Waals surface area contributed by atoms with Gasteiger partial charge in [0, 0.05) is 5.54 Å². The van der Waals surface area contributed by atoms with E-state index >= 15 is 0 Å². The Kier molecular flexibility index (Phi) is 206. The van der Waals surface area contributed by atoms with Crippen molar-refractivity contribution in [2.45, 2.75) is 19.4 Å². The van der Waals surface area contributed by atoms with Crippen LogP contribution >= 0.6 is 0 Å². The third-order valence-electron chi connectivity index (χ3n) is 0.526. The molecule has 12 heteroatoms. The molecular formula is C4H24KNO10. The molecule has 0 aromatic rings. The molecule has 0 saturated heterocycles. The number of aliphatic carboxylic acids is 1. The van der Waals surface area contributed by atoms with Crippen LogP contribution in [0.3, 0.4) is 0 Å². The second kappa shape index (κ2) is 36.0. The van der Waals surface area contributed by atoms with Gasteiger partial charge in [0.2, 0.25) is 0 Å². The third-order valence-corrected chi connectivity index (χ3v) is 0.526. The number of nitrogens with two attached hydrogens (primary N) is 1. The Morgan fingerprint density at radius 1 is 0.875 bits per heavy atom. The van der Waals surface area contributed by atoms with Gasteiger partial charge in [0.25, 0.3) is 0 Å². The minimum atomic E-state index is -1.23. The van der Waals surface area contributed by atoms with Gasteiger partial charge in [-0.3, -0.25) is 0 Å². The molecule has 0 spiro atoms. The molecule has 0 fully saturated rings. The van der Waals surface area contributed by atoms with Gasteiger partial charge in [0.15, 0.2) is 0 Å². The van der Waals surface area contributed by atoms with E-state index in [-0.39, 0.29) is 95.2 Å². The number of carboxylic acids is 1. The first kappa shape index (κ1) is 91.2. The molecule has 0 radical (unpaired) electrons. The van der Waals surface area contributed by atoms with Gasteiger partial charge in [0.05, 0.1) is 5.97 Å². The molecule has 0 saturated carbocycles. The van der Waals surface area contributed by atoms with Crippen molar-refractivity contribution in [3.05, 3.63) is 0 Å². The monoisotopic (exact) mass is 285 g/mol. The van der Waals surface area contributed by atoms with Crippen LogP contribution in [0.1, 0.15) is 13.8 Å². The molecule has 0 aromatic carbocycles. The first-order valence-corrected chi connectivity index (χ1v) is 1.95. The summed E-state index contributed by atoms with van der Waals surface area (Å²) in [6.45, 7) is 2.75. The molecule has 0 aliphatic heterocycles. The third kappa shape index (κ3) is 61.2. The van der Waals surface area contributed by atoms with Crippen molar-refractivity contribution in [3.8, 4) is 0 Å². The Hall–Kier alpha value is 0.746. The Bertz CT molecular complexity index is 95.3. The van der Waals surface area contributed by atoms with Gasteiger partial charge in [-0.2, -0.15) is 0 Å². The van der Waals surface area contributed by atoms with Gasteiger partial charge >= 0.3 is 51.4 Å². The molecule has 0 atom stereocenters. The summed E-state index contributed by atoms with van der Waals surface area (Å²) in [5, 5.41) is 9.78. The maximum Gasteiger partial charge on any atom is 1.00 e. The van der Waals surface area contributed by atoms with E-state index in [1.807, 2.05) is 0 Å². The molecule has 106 valence electrons. The van der Waals surface area contributed by atoms with Crippen molar-refractivity contribution < 1.29 is 105 Å². The second-order valence-corrected chi connectivity index (χ2v) is 2.01. The number of hydrogen-bond donors (Lipinski definition) is 1. The molecular weight excluding hydrogens is 261 g/mol. The van der Waals surface area contributed by atoms with Gasteiger partial charge in [-0.25, -0.2) is 0 Å². The molecule has 0 heterocycles. The molecule has 0 bridgehead atoms. The molecule has 0 aliphatic rings. The zero-order valence-electron chi connectivity index (χ0n) is 9.39. The normalized spacial score (nSPS) is 4.94. The summed E-state index contributed by atoms with van der Waals surface area (Å²) in [6, 6.07) is 0. The molecule has 0 amide bonds. The van der Waals surface area contributed by atoms with Crippen molar-refractivity contribution >= 4 is 5.97 Å². The van der Waals surface area contributed by atoms with Crippen LogP contribution in [0.5, 0.6) is 0 Å². The van der Waals surface area contributed by atoms with Gasteiger partial charge in [-0.1, -0.05) is 0 Å². The topological polar surface area (TPSA) is 318 Å². The average Bonchev–Trinajstić information content (AvgIpc) is 1.31. The number of carbonyl (C=O) groups excluding carboxylic acids is 1. The van der Waals surface area contributed by atoms with Crippen LogP contribution < -0.4 is 62.2 Å². The zero-order chi connectivity index (χ0) is 6.08. The van der Waals surface area contributed by atoms with Crippen molar-refractivity contribution in [3.63, 3.8) is 0 Å². The summed E-state index contributed by atoms with van der Waals surface area (Å²) in [4.78, 5) is 9.78. The fourth-order valence-corrected chi connectivity index (χ4v) is 0. The van der Waals surface area contributed by atoms with Crippen molar-refractivity contribution in [1.29, 1.82) is 0 Å². The number of carbonyl (C=O) groups is 1. The first-order valence-electron chi connectivity index (χ1n) is 1.95. The maximum atomic E-state index is 9.78. The van der Waals surface area contributed by atoms with Gasteiger partial charge in [-0.15, -0.1) is 0 Å². The first-order chi connectivity index (χ1) is 2.94. The van der Waals surface area contributed by atoms with Crippen LogP contribution in [0.2, 0.25) is 0 Å². The van der Waals surface area contributed by atoms with Crippen LogP contribution in [-0.4, -0.2) is 55.3 Å². The summed E-state index contributed by atoms with van der Waals surface area (Å²) in [7, 11) is 0. The molecule has 0 aromatic heterocycles. The Balaban J connectivity index is -0.00000000500. The van der Waals surface area contributed by atoms with E-state index < -0.39 is 11.5 Å². The Morgan fingerprint density at radius 2 is 0.938 bits per heavy atom. The predicted octanol–water partition coefficient (Wildman–Crippen LogP) is -11.1. The predicted molar refractivity (Wildman–Crippen MR) is 52.2 cm³/mol. The van der Waals surface area contributed by atoms with E-state index in [4.69, 9.17) is 5.73 Å². The van der Waals surface area contributed by atoms with Crippen molar-refractivity contribution in [2.24, 2.45) is 5.73 Å². The second-order valence-electron chi connectivity index (χ2n) is 2.01. The summed E-state index contributed by atoms with van der Waals surface area (Å²) in [5.41, 5.74) is 3.82. The molecule has 18 N–H and O–H groups in total. The quantitative estimate of drug-likeness (QED) is 0.458. The minimum absolute atomic E-state index is 0. The minimum Gasteiger partial charge on any atom is -0.548 e. The Labute approximate surface area is 135 Å². The van der Waals surface area contributed by atoms with E-state index in [0.717, 1.165) is 0 Å². The fourth-order valence-electron chi connectivity index (χ4n) is 0. The molecule has 0 rings (SSSR count). The van der Waals surface area contributed by atoms with Crippen LogP contribution in [-0.2, 0) is 4.79 Å². The van der Waals surface area contributed by atoms with Gasteiger partial charge < -0.3 is 59.4 Å². The fraction of sp³-hybridized carbons (Fsp3) is 0.750. The van der Waals surface area contributed by atoms with Crippen LogP contribution in [0.25, 0.3) is 0 Å². The van der Waals surface area contributed by atoms with Crippen molar-refractivity contribution in [1.82, 2.24) is 0 Å².